The van der Waals surface area contributed by atoms with E-state index in [1.54, 1.807) is 48.5 Å². The van der Waals surface area contributed by atoms with Crippen LogP contribution in [0.4, 0.5) is 5.69 Å². The Bertz CT molecular complexity index is 1010. The van der Waals surface area contributed by atoms with Crippen molar-refractivity contribution in [2.45, 2.75) is 13.0 Å². The van der Waals surface area contributed by atoms with Gasteiger partial charge >= 0.3 is 0 Å². The summed E-state index contributed by atoms with van der Waals surface area (Å²) in [7, 11) is 0. The summed E-state index contributed by atoms with van der Waals surface area (Å²) < 4.78 is 0. The number of anilines is 1. The van der Waals surface area contributed by atoms with Crippen molar-refractivity contribution in [2.24, 2.45) is 0 Å². The molecule has 140 valence electrons. The molecule has 0 saturated carbocycles. The monoisotopic (exact) mass is 390 g/mol. The standard InChI is InChI=1S/C23H19ClN2O2/c24-20-9-11-21(12-10-20)25-22(27)17-5-7-18(8-6-17)23(28)26-14-13-16-3-1-2-4-19(16)15-26/h1-12H,13-15H2,(H,25,27). The summed E-state index contributed by atoms with van der Waals surface area (Å²) in [5.41, 5.74) is 4.25. The number of amides is 2. The van der Waals surface area contributed by atoms with Crippen LogP contribution in [0, 0.1) is 0 Å². The van der Waals surface area contributed by atoms with Crippen LogP contribution in [0.1, 0.15) is 31.8 Å². The fourth-order valence-electron chi connectivity index (χ4n) is 3.35. The van der Waals surface area contributed by atoms with Crippen LogP contribution in [0.5, 0.6) is 0 Å². The molecular weight excluding hydrogens is 372 g/mol. The van der Waals surface area contributed by atoms with E-state index in [1.807, 2.05) is 17.0 Å². The molecule has 4 rings (SSSR count). The molecule has 3 aromatic carbocycles. The number of hydrogen-bond donors (Lipinski definition) is 1. The number of nitrogens with one attached hydrogen (secondary N) is 1. The van der Waals surface area contributed by atoms with Gasteiger partial charge in [-0.25, -0.2) is 0 Å². The van der Waals surface area contributed by atoms with E-state index in [4.69, 9.17) is 11.6 Å². The maximum Gasteiger partial charge on any atom is 0.255 e. The first-order valence-corrected chi connectivity index (χ1v) is 9.51. The van der Waals surface area contributed by atoms with Gasteiger partial charge in [-0.15, -0.1) is 0 Å². The van der Waals surface area contributed by atoms with Gasteiger partial charge in [0, 0.05) is 34.9 Å². The Morgan fingerprint density at radius 3 is 2.18 bits per heavy atom. The summed E-state index contributed by atoms with van der Waals surface area (Å²) in [4.78, 5) is 27.1. The third-order valence-corrected chi connectivity index (χ3v) is 5.17. The summed E-state index contributed by atoms with van der Waals surface area (Å²) in [6, 6.07) is 21.9. The van der Waals surface area contributed by atoms with Crippen molar-refractivity contribution in [3.8, 4) is 0 Å². The van der Waals surface area contributed by atoms with Crippen LogP contribution in [0.2, 0.25) is 5.02 Å². The number of carbonyl (C=O) groups excluding carboxylic acids is 2. The minimum absolute atomic E-state index is 0.0147. The van der Waals surface area contributed by atoms with Gasteiger partial charge in [0.25, 0.3) is 11.8 Å². The molecule has 28 heavy (non-hydrogen) atoms. The van der Waals surface area contributed by atoms with Gasteiger partial charge in [0.05, 0.1) is 0 Å². The number of halogens is 1. The molecular formula is C23H19ClN2O2. The molecule has 1 heterocycles. The lowest BCUT2D eigenvalue weighted by Crippen LogP contribution is -2.35. The molecule has 0 radical (unpaired) electrons. The van der Waals surface area contributed by atoms with E-state index in [9.17, 15) is 9.59 Å². The van der Waals surface area contributed by atoms with E-state index < -0.39 is 0 Å². The Kier molecular flexibility index (Phi) is 5.13. The topological polar surface area (TPSA) is 49.4 Å². The Labute approximate surface area is 168 Å². The Hall–Kier alpha value is -3.11. The van der Waals surface area contributed by atoms with E-state index in [-0.39, 0.29) is 11.8 Å². The molecule has 1 N–H and O–H groups in total. The summed E-state index contributed by atoms with van der Waals surface area (Å²) in [6.07, 6.45) is 0.865. The average molecular weight is 391 g/mol. The van der Waals surface area contributed by atoms with Gasteiger partial charge in [-0.1, -0.05) is 35.9 Å². The lowest BCUT2D eigenvalue weighted by molar-refractivity contribution is 0.0734. The minimum Gasteiger partial charge on any atom is -0.334 e. The first-order chi connectivity index (χ1) is 13.6. The second-order valence-electron chi connectivity index (χ2n) is 6.78. The van der Waals surface area contributed by atoms with Crippen molar-refractivity contribution in [1.29, 1.82) is 0 Å². The van der Waals surface area contributed by atoms with Crippen molar-refractivity contribution in [3.05, 3.63) is 100 Å². The van der Waals surface area contributed by atoms with Gasteiger partial charge in [0.1, 0.15) is 0 Å². The van der Waals surface area contributed by atoms with Gasteiger partial charge < -0.3 is 10.2 Å². The highest BCUT2D eigenvalue weighted by atomic mass is 35.5. The van der Waals surface area contributed by atoms with Gasteiger partial charge in [-0.3, -0.25) is 9.59 Å². The fraction of sp³-hybridized carbons (Fsp3) is 0.130. The van der Waals surface area contributed by atoms with Gasteiger partial charge in [-0.2, -0.15) is 0 Å². The highest BCUT2D eigenvalue weighted by Gasteiger charge is 2.21. The maximum atomic E-state index is 12.8. The van der Waals surface area contributed by atoms with Crippen LogP contribution in [0.3, 0.4) is 0 Å². The molecule has 0 aromatic heterocycles. The van der Waals surface area contributed by atoms with Gasteiger partial charge in [0.15, 0.2) is 0 Å². The maximum absolute atomic E-state index is 12.8. The molecule has 0 unspecified atom stereocenters. The second kappa shape index (κ2) is 7.87. The lowest BCUT2D eigenvalue weighted by Gasteiger charge is -2.29. The normalized spacial score (nSPS) is 13.0. The van der Waals surface area contributed by atoms with E-state index in [0.717, 1.165) is 6.42 Å². The van der Waals surface area contributed by atoms with E-state index in [0.29, 0.717) is 34.9 Å². The third kappa shape index (κ3) is 3.92. The SMILES string of the molecule is O=C(Nc1ccc(Cl)cc1)c1ccc(C(=O)N2CCc3ccccc3C2)cc1. The second-order valence-corrected chi connectivity index (χ2v) is 7.22. The van der Waals surface area contributed by atoms with Crippen molar-refractivity contribution < 1.29 is 9.59 Å². The van der Waals surface area contributed by atoms with E-state index >= 15 is 0 Å². The van der Waals surface area contributed by atoms with Crippen molar-refractivity contribution >= 4 is 29.1 Å². The molecule has 1 aliphatic heterocycles. The molecule has 0 bridgehead atoms. The lowest BCUT2D eigenvalue weighted by atomic mass is 9.99. The summed E-state index contributed by atoms with van der Waals surface area (Å²) in [5, 5.41) is 3.43. The molecule has 0 saturated heterocycles. The number of hydrogen-bond acceptors (Lipinski definition) is 2. The third-order valence-electron chi connectivity index (χ3n) is 4.91. The zero-order valence-electron chi connectivity index (χ0n) is 15.2. The number of carbonyl (C=O) groups is 2. The number of fused-ring (bicyclic) bond motifs is 1. The highest BCUT2D eigenvalue weighted by Crippen LogP contribution is 2.21. The summed E-state index contributed by atoms with van der Waals surface area (Å²) in [5.74, 6) is -0.243. The molecule has 5 heteroatoms. The molecule has 2 amide bonds. The van der Waals surface area contributed by atoms with E-state index in [1.165, 1.54) is 11.1 Å². The fourth-order valence-corrected chi connectivity index (χ4v) is 3.48. The van der Waals surface area contributed by atoms with Crippen LogP contribution in [-0.4, -0.2) is 23.3 Å². The van der Waals surface area contributed by atoms with E-state index in [2.05, 4.69) is 17.4 Å². The van der Waals surface area contributed by atoms with Crippen LogP contribution >= 0.6 is 11.6 Å². The zero-order valence-corrected chi connectivity index (χ0v) is 15.9. The predicted octanol–water partition coefficient (Wildman–Crippen LogP) is 4.79. The Balaban J connectivity index is 1.43. The Morgan fingerprint density at radius 2 is 1.46 bits per heavy atom. The van der Waals surface area contributed by atoms with Crippen LogP contribution in [0.25, 0.3) is 0 Å². The molecule has 0 aliphatic carbocycles. The minimum atomic E-state index is -0.228. The molecule has 0 spiro atoms. The van der Waals surface area contributed by atoms with Crippen molar-refractivity contribution in [1.82, 2.24) is 4.90 Å². The van der Waals surface area contributed by atoms with Crippen molar-refractivity contribution in [3.63, 3.8) is 0 Å². The molecule has 3 aromatic rings. The largest absolute Gasteiger partial charge is 0.334 e. The average Bonchev–Trinajstić information content (AvgIpc) is 2.74. The number of nitrogens with zero attached hydrogens (tertiary/aromatic N) is 1. The van der Waals surface area contributed by atoms with Crippen LogP contribution in [0.15, 0.2) is 72.8 Å². The zero-order chi connectivity index (χ0) is 19.5. The molecule has 4 nitrogen and oxygen atoms in total. The summed E-state index contributed by atoms with van der Waals surface area (Å²) in [6.45, 7) is 1.32. The smallest absolute Gasteiger partial charge is 0.255 e. The van der Waals surface area contributed by atoms with Gasteiger partial charge in [-0.05, 0) is 66.1 Å². The Morgan fingerprint density at radius 1 is 0.821 bits per heavy atom. The summed E-state index contributed by atoms with van der Waals surface area (Å²) >= 11 is 5.86. The van der Waals surface area contributed by atoms with Gasteiger partial charge in [0.2, 0.25) is 0 Å². The predicted molar refractivity (Wildman–Crippen MR) is 111 cm³/mol. The number of rotatable bonds is 3. The van der Waals surface area contributed by atoms with Crippen LogP contribution in [-0.2, 0) is 13.0 Å². The first-order valence-electron chi connectivity index (χ1n) is 9.13. The molecule has 1 aliphatic rings. The quantitative estimate of drug-likeness (QED) is 0.698. The molecule has 0 fully saturated rings. The van der Waals surface area contributed by atoms with Crippen LogP contribution < -0.4 is 5.32 Å². The van der Waals surface area contributed by atoms with Crippen molar-refractivity contribution in [2.75, 3.05) is 11.9 Å². The number of benzene rings is 3. The first kappa shape index (κ1) is 18.3. The molecule has 0 atom stereocenters. The highest BCUT2D eigenvalue weighted by molar-refractivity contribution is 6.30.